The fourth-order valence-corrected chi connectivity index (χ4v) is 2.71. The molecule has 130 valence electrons. The van der Waals surface area contributed by atoms with Gasteiger partial charge in [-0.25, -0.2) is 9.78 Å². The van der Waals surface area contributed by atoms with Gasteiger partial charge in [-0.1, -0.05) is 12.1 Å². The Morgan fingerprint density at radius 3 is 2.52 bits per heavy atom. The first-order valence-electron chi connectivity index (χ1n) is 8.39. The van der Waals surface area contributed by atoms with Crippen LogP contribution in [0.15, 0.2) is 36.5 Å². The molecule has 0 saturated carbocycles. The fourth-order valence-electron chi connectivity index (χ4n) is 2.71. The molecule has 0 spiro atoms. The summed E-state index contributed by atoms with van der Waals surface area (Å²) in [5, 5.41) is 2.77. The van der Waals surface area contributed by atoms with Gasteiger partial charge in [0.2, 0.25) is 5.91 Å². The van der Waals surface area contributed by atoms with Crippen LogP contribution >= 0.6 is 0 Å². The normalized spacial score (nSPS) is 14.9. The molecule has 1 aliphatic heterocycles. The molecule has 7 nitrogen and oxygen atoms in total. The summed E-state index contributed by atoms with van der Waals surface area (Å²) in [6.45, 7) is 4.64. The van der Waals surface area contributed by atoms with Crippen molar-refractivity contribution in [1.29, 1.82) is 0 Å². The fraction of sp³-hybridized carbons (Fsp3) is 0.333. The average Bonchev–Trinajstić information content (AvgIpc) is 2.66. The first kappa shape index (κ1) is 16.9. The van der Waals surface area contributed by atoms with E-state index in [0.29, 0.717) is 38.4 Å². The number of piperazine rings is 1. The number of hydrogen-bond donors (Lipinski definition) is 1. The summed E-state index contributed by atoms with van der Waals surface area (Å²) < 4.78 is 0. The summed E-state index contributed by atoms with van der Waals surface area (Å²) in [6.07, 6.45) is 4.84. The lowest BCUT2D eigenvalue weighted by Crippen LogP contribution is -2.52. The highest BCUT2D eigenvalue weighted by Gasteiger charge is 2.22. The number of nitrogens with zero attached hydrogens (tertiary/aromatic N) is 4. The summed E-state index contributed by atoms with van der Waals surface area (Å²) in [7, 11) is 0. The minimum Gasteiger partial charge on any atom is -0.338 e. The van der Waals surface area contributed by atoms with Crippen molar-refractivity contribution in [3.8, 4) is 0 Å². The second-order valence-corrected chi connectivity index (χ2v) is 5.76. The molecule has 7 heteroatoms. The largest absolute Gasteiger partial charge is 0.338 e. The van der Waals surface area contributed by atoms with E-state index in [0.717, 1.165) is 11.0 Å². The second kappa shape index (κ2) is 7.74. The number of benzene rings is 1. The van der Waals surface area contributed by atoms with Gasteiger partial charge in [-0.15, -0.1) is 0 Å². The number of hydrogen-bond acceptors (Lipinski definition) is 4. The number of para-hydroxylation sites is 2. The molecule has 3 rings (SSSR count). The van der Waals surface area contributed by atoms with Crippen molar-refractivity contribution in [2.75, 3.05) is 32.7 Å². The van der Waals surface area contributed by atoms with Crippen LogP contribution in [0.2, 0.25) is 0 Å². The Balaban J connectivity index is 1.58. The molecular formula is C18H21N5O2. The third-order valence-electron chi connectivity index (χ3n) is 4.07. The Kier molecular flexibility index (Phi) is 5.23. The highest BCUT2D eigenvalue weighted by molar-refractivity contribution is 5.92. The molecule has 25 heavy (non-hydrogen) atoms. The van der Waals surface area contributed by atoms with Crippen LogP contribution in [-0.4, -0.2) is 64.4 Å². The predicted octanol–water partition coefficient (Wildman–Crippen LogP) is 1.52. The molecule has 0 aliphatic carbocycles. The van der Waals surface area contributed by atoms with Gasteiger partial charge in [0.25, 0.3) is 0 Å². The van der Waals surface area contributed by atoms with Gasteiger partial charge >= 0.3 is 6.03 Å². The van der Waals surface area contributed by atoms with E-state index >= 15 is 0 Å². The molecule has 1 fully saturated rings. The van der Waals surface area contributed by atoms with Gasteiger partial charge < -0.3 is 15.1 Å². The first-order valence-corrected chi connectivity index (χ1v) is 8.39. The number of carbonyl (C=O) groups excluding carboxylic acids is 2. The van der Waals surface area contributed by atoms with Crippen LogP contribution in [-0.2, 0) is 4.79 Å². The minimum absolute atomic E-state index is 0.0726. The van der Waals surface area contributed by atoms with Gasteiger partial charge in [0.05, 0.1) is 22.9 Å². The van der Waals surface area contributed by atoms with E-state index < -0.39 is 0 Å². The van der Waals surface area contributed by atoms with Gasteiger partial charge in [-0.05, 0) is 25.1 Å². The van der Waals surface area contributed by atoms with Crippen molar-refractivity contribution in [1.82, 2.24) is 25.1 Å². The van der Waals surface area contributed by atoms with E-state index in [1.165, 1.54) is 6.08 Å². The molecule has 1 aliphatic rings. The number of fused-ring (bicyclic) bond motifs is 1. The molecule has 0 bridgehead atoms. The van der Waals surface area contributed by atoms with Crippen molar-refractivity contribution < 1.29 is 9.59 Å². The van der Waals surface area contributed by atoms with Crippen molar-refractivity contribution in [2.45, 2.75) is 6.92 Å². The number of rotatable bonds is 3. The van der Waals surface area contributed by atoms with Gasteiger partial charge in [0, 0.05) is 38.8 Å². The molecule has 2 heterocycles. The van der Waals surface area contributed by atoms with Crippen LogP contribution in [0.3, 0.4) is 0 Å². The Morgan fingerprint density at radius 1 is 1.12 bits per heavy atom. The number of urea groups is 1. The van der Waals surface area contributed by atoms with Crippen molar-refractivity contribution in [2.24, 2.45) is 0 Å². The van der Waals surface area contributed by atoms with E-state index in [9.17, 15) is 9.59 Å². The lowest BCUT2D eigenvalue weighted by molar-refractivity contribution is -0.127. The number of amides is 3. The Labute approximate surface area is 146 Å². The van der Waals surface area contributed by atoms with Crippen molar-refractivity contribution in [3.63, 3.8) is 0 Å². The van der Waals surface area contributed by atoms with Crippen LogP contribution in [0, 0.1) is 0 Å². The highest BCUT2D eigenvalue weighted by atomic mass is 16.2. The van der Waals surface area contributed by atoms with Crippen LogP contribution in [0.5, 0.6) is 0 Å². The van der Waals surface area contributed by atoms with E-state index in [1.807, 2.05) is 31.2 Å². The molecule has 3 amide bonds. The van der Waals surface area contributed by atoms with E-state index in [-0.39, 0.29) is 11.9 Å². The summed E-state index contributed by atoms with van der Waals surface area (Å²) in [5.74, 6) is -0.0782. The Hall–Kier alpha value is -2.96. The predicted molar refractivity (Wildman–Crippen MR) is 95.8 cm³/mol. The average molecular weight is 339 g/mol. The quantitative estimate of drug-likeness (QED) is 0.860. The molecule has 0 radical (unpaired) electrons. The van der Waals surface area contributed by atoms with Crippen LogP contribution < -0.4 is 5.32 Å². The van der Waals surface area contributed by atoms with E-state index in [4.69, 9.17) is 0 Å². The Morgan fingerprint density at radius 2 is 1.80 bits per heavy atom. The van der Waals surface area contributed by atoms with Gasteiger partial charge in [-0.3, -0.25) is 9.78 Å². The van der Waals surface area contributed by atoms with Crippen molar-refractivity contribution in [3.05, 3.63) is 42.2 Å². The lowest BCUT2D eigenvalue weighted by atomic mass is 10.2. The second-order valence-electron chi connectivity index (χ2n) is 5.76. The smallest absolute Gasteiger partial charge is 0.317 e. The zero-order chi connectivity index (χ0) is 17.6. The third-order valence-corrected chi connectivity index (χ3v) is 4.07. The van der Waals surface area contributed by atoms with Gasteiger partial charge in [-0.2, -0.15) is 0 Å². The first-order chi connectivity index (χ1) is 12.2. The maximum Gasteiger partial charge on any atom is 0.317 e. The molecule has 0 unspecified atom stereocenters. The molecular weight excluding hydrogens is 318 g/mol. The molecule has 1 aromatic heterocycles. The van der Waals surface area contributed by atoms with Crippen LogP contribution in [0.1, 0.15) is 12.6 Å². The van der Waals surface area contributed by atoms with Crippen LogP contribution in [0.4, 0.5) is 4.79 Å². The van der Waals surface area contributed by atoms with Gasteiger partial charge in [0.1, 0.15) is 0 Å². The monoisotopic (exact) mass is 339 g/mol. The standard InChI is InChI=1S/C18H21N5O2/c1-2-19-18(25)23-11-9-22(10-12-23)17(24)8-7-14-13-20-15-5-3-4-6-16(15)21-14/h3-8,13H,2,9-12H2,1H3,(H,19,25)/b8-7+. The van der Waals surface area contributed by atoms with Crippen LogP contribution in [0.25, 0.3) is 17.1 Å². The number of nitrogens with one attached hydrogen (secondary N) is 1. The zero-order valence-electron chi connectivity index (χ0n) is 14.2. The molecule has 0 atom stereocenters. The zero-order valence-corrected chi connectivity index (χ0v) is 14.2. The number of aromatic nitrogens is 2. The lowest BCUT2D eigenvalue weighted by Gasteiger charge is -2.34. The highest BCUT2D eigenvalue weighted by Crippen LogP contribution is 2.10. The van der Waals surface area contributed by atoms with E-state index in [1.54, 1.807) is 22.1 Å². The number of carbonyl (C=O) groups is 2. The maximum atomic E-state index is 12.3. The molecule has 2 aromatic rings. The van der Waals surface area contributed by atoms with E-state index in [2.05, 4.69) is 15.3 Å². The topological polar surface area (TPSA) is 78.4 Å². The summed E-state index contributed by atoms with van der Waals surface area (Å²) >= 11 is 0. The summed E-state index contributed by atoms with van der Waals surface area (Å²) in [5.41, 5.74) is 2.27. The minimum atomic E-state index is -0.0782. The SMILES string of the molecule is CCNC(=O)N1CCN(C(=O)/C=C/c2cnc3ccccc3n2)CC1. The van der Waals surface area contributed by atoms with Gasteiger partial charge in [0.15, 0.2) is 0 Å². The van der Waals surface area contributed by atoms with Crippen molar-refractivity contribution >= 4 is 29.0 Å². The molecule has 1 N–H and O–H groups in total. The summed E-state index contributed by atoms with van der Waals surface area (Å²) in [6, 6.07) is 7.54. The maximum absolute atomic E-state index is 12.3. The molecule has 1 saturated heterocycles. The molecule has 1 aromatic carbocycles. The summed E-state index contributed by atoms with van der Waals surface area (Å²) in [4.78, 5) is 36.3. The Bertz CT molecular complexity index is 797. The third kappa shape index (κ3) is 4.12.